The van der Waals surface area contributed by atoms with E-state index in [4.69, 9.17) is 17.0 Å². The fraction of sp³-hybridized carbons (Fsp3) is 0.0833. The molecule has 0 fully saturated rings. The molecule has 0 unspecified atom stereocenters. The smallest absolute Gasteiger partial charge is 0.172 e. The predicted molar refractivity (Wildman–Crippen MR) is 66.8 cm³/mol. The Morgan fingerprint density at radius 2 is 1.00 bits per heavy atom. The monoisotopic (exact) mass is 319 g/mol. The summed E-state index contributed by atoms with van der Waals surface area (Å²) in [4.78, 5) is 0. The first-order chi connectivity index (χ1) is 7.41. The van der Waals surface area contributed by atoms with Crippen molar-refractivity contribution >= 4 is 17.0 Å². The number of rotatable bonds is 0. The molecule has 2 aromatic carbocycles. The fourth-order valence-electron chi connectivity index (χ4n) is 0.642. The van der Waals surface area contributed by atoms with Crippen molar-refractivity contribution in [2.24, 2.45) is 0 Å². The molecule has 0 aliphatic carbocycles. The van der Waals surface area contributed by atoms with Gasteiger partial charge in [0.05, 0.1) is 0 Å². The molecule has 0 aliphatic rings. The Hall–Kier alpha value is 0.163. The molecule has 0 spiro atoms. The van der Waals surface area contributed by atoms with Gasteiger partial charge in [-0.05, 0) is 0 Å². The minimum atomic E-state index is -0.826. The molecule has 0 saturated carbocycles. The number of hydrogen-bond donors (Lipinski definition) is 0. The Kier molecular flexibility index (Phi) is 23.0. The third kappa shape index (κ3) is 20.3. The molecule has 84 valence electrons. The summed E-state index contributed by atoms with van der Waals surface area (Å²) < 4.78 is 0. The average molecular weight is 321 g/mol. The van der Waals surface area contributed by atoms with E-state index in [0.29, 0.717) is 0 Å². The molecular weight excluding hydrogens is 306 g/mol. The Bertz CT molecular complexity index is 165. The molecular formula is C12H15Cl2Zr-3. The molecule has 0 amide bonds. The Labute approximate surface area is 112 Å². The van der Waals surface area contributed by atoms with Gasteiger partial charge in [0.15, 0.2) is 0 Å². The maximum Gasteiger partial charge on any atom is -0.172 e. The van der Waals surface area contributed by atoms with E-state index >= 15 is 0 Å². The zero-order valence-electron chi connectivity index (χ0n) is 8.74. The van der Waals surface area contributed by atoms with Gasteiger partial charge in [-0.3, -0.25) is 0 Å². The van der Waals surface area contributed by atoms with Crippen molar-refractivity contribution in [3.8, 4) is 0 Å². The summed E-state index contributed by atoms with van der Waals surface area (Å²) >= 11 is -0.826. The topological polar surface area (TPSA) is 0 Å². The Morgan fingerprint density at radius 1 is 0.800 bits per heavy atom. The van der Waals surface area contributed by atoms with E-state index in [-0.39, 0.29) is 0 Å². The zero-order chi connectivity index (χ0) is 11.8. The normalized spacial score (nSPS) is 6.67. The molecule has 15 heavy (non-hydrogen) atoms. The third-order valence-electron chi connectivity index (χ3n) is 1.11. The molecule has 0 radical (unpaired) electrons. The van der Waals surface area contributed by atoms with E-state index in [1.165, 1.54) is 0 Å². The van der Waals surface area contributed by atoms with Gasteiger partial charge >= 0.3 is 37.9 Å². The molecule has 0 aliphatic heterocycles. The van der Waals surface area contributed by atoms with Crippen LogP contribution in [-0.2, 0) is 20.8 Å². The molecule has 0 N–H and O–H groups in total. The van der Waals surface area contributed by atoms with E-state index in [2.05, 4.69) is 6.92 Å². The third-order valence-corrected chi connectivity index (χ3v) is 1.11. The van der Waals surface area contributed by atoms with Crippen LogP contribution in [0.1, 0.15) is 6.92 Å². The van der Waals surface area contributed by atoms with Crippen LogP contribution in [0.2, 0.25) is 0 Å². The summed E-state index contributed by atoms with van der Waals surface area (Å²) in [6, 6.07) is 20.0. The van der Waals surface area contributed by atoms with E-state index in [1.807, 2.05) is 60.7 Å². The number of hydrogen-bond acceptors (Lipinski definition) is 0. The fourth-order valence-corrected chi connectivity index (χ4v) is 0.642. The second-order valence-corrected chi connectivity index (χ2v) is 5.73. The van der Waals surface area contributed by atoms with Gasteiger partial charge in [0.1, 0.15) is 0 Å². The quantitative estimate of drug-likeness (QED) is 0.597. The molecule has 2 aromatic rings. The summed E-state index contributed by atoms with van der Waals surface area (Å²) in [7, 11) is 9.87. The number of halogens is 2. The Balaban J connectivity index is 0. The zero-order valence-corrected chi connectivity index (χ0v) is 12.7. The van der Waals surface area contributed by atoms with Crippen LogP contribution in [0.3, 0.4) is 0 Å². The first-order valence-corrected chi connectivity index (χ1v) is 10.7. The van der Waals surface area contributed by atoms with Crippen molar-refractivity contribution in [3.05, 3.63) is 67.6 Å². The predicted octanol–water partition coefficient (Wildman–Crippen LogP) is 5.03. The standard InChI is InChI=1S/2C5H5.C2H5.2ClH.Zr/c2*1-2-4-5-3-1;1-2;;;/h2*1-5H;1H2,2H3;2*1H;/q3*-1;;;+2/p-2. The second-order valence-electron chi connectivity index (χ2n) is 2.00. The van der Waals surface area contributed by atoms with Crippen LogP contribution in [0.5, 0.6) is 0 Å². The van der Waals surface area contributed by atoms with Gasteiger partial charge in [0.25, 0.3) is 0 Å². The largest absolute Gasteiger partial charge is 0.214 e. The van der Waals surface area contributed by atoms with Gasteiger partial charge in [-0.15, -0.1) is 0 Å². The van der Waals surface area contributed by atoms with Gasteiger partial charge in [-0.25, -0.2) is 24.3 Å². The van der Waals surface area contributed by atoms with Crippen molar-refractivity contribution in [1.29, 1.82) is 0 Å². The van der Waals surface area contributed by atoms with E-state index in [0.717, 1.165) is 0 Å². The first-order valence-electron chi connectivity index (χ1n) is 4.42. The van der Waals surface area contributed by atoms with Gasteiger partial charge in [0.2, 0.25) is 0 Å². The minimum absolute atomic E-state index is 0.826. The summed E-state index contributed by atoms with van der Waals surface area (Å²) in [5, 5.41) is 0. The maximum absolute atomic E-state index is 4.93. The molecule has 3 heteroatoms. The van der Waals surface area contributed by atoms with E-state index < -0.39 is 20.8 Å². The van der Waals surface area contributed by atoms with Crippen LogP contribution >= 0.6 is 17.0 Å². The van der Waals surface area contributed by atoms with Crippen molar-refractivity contribution in [2.45, 2.75) is 6.92 Å². The van der Waals surface area contributed by atoms with E-state index in [9.17, 15) is 0 Å². The maximum atomic E-state index is 4.93. The molecule has 0 saturated heterocycles. The van der Waals surface area contributed by atoms with Gasteiger partial charge in [0, 0.05) is 0 Å². The molecule has 0 heterocycles. The molecule has 0 aromatic heterocycles. The van der Waals surface area contributed by atoms with Crippen molar-refractivity contribution < 1.29 is 20.8 Å². The summed E-state index contributed by atoms with van der Waals surface area (Å²) in [6.07, 6.45) is 0. The van der Waals surface area contributed by atoms with Crippen molar-refractivity contribution in [3.63, 3.8) is 0 Å². The average Bonchev–Trinajstić information content (AvgIpc) is 3.01. The van der Waals surface area contributed by atoms with Crippen LogP contribution in [0.4, 0.5) is 0 Å². The molecule has 0 bridgehead atoms. The summed E-state index contributed by atoms with van der Waals surface area (Å²) in [6.45, 7) is 5.00. The molecule has 0 atom stereocenters. The minimum Gasteiger partial charge on any atom is -0.214 e. The van der Waals surface area contributed by atoms with Crippen LogP contribution in [0.15, 0.2) is 60.7 Å². The van der Waals surface area contributed by atoms with Crippen LogP contribution in [-0.4, -0.2) is 0 Å². The summed E-state index contributed by atoms with van der Waals surface area (Å²) in [5.74, 6) is 0. The van der Waals surface area contributed by atoms with Crippen LogP contribution in [0, 0.1) is 6.92 Å². The van der Waals surface area contributed by atoms with Gasteiger partial charge in [-0.2, -0.15) is 43.3 Å². The summed E-state index contributed by atoms with van der Waals surface area (Å²) in [5.41, 5.74) is 0. The van der Waals surface area contributed by atoms with E-state index in [1.54, 1.807) is 6.92 Å². The molecule has 2 rings (SSSR count). The van der Waals surface area contributed by atoms with Gasteiger partial charge in [-0.1, -0.05) is 0 Å². The molecule has 0 nitrogen and oxygen atoms in total. The Morgan fingerprint density at radius 3 is 1.07 bits per heavy atom. The van der Waals surface area contributed by atoms with Crippen molar-refractivity contribution in [1.82, 2.24) is 0 Å². The van der Waals surface area contributed by atoms with Gasteiger partial charge < -0.3 is 6.92 Å². The van der Waals surface area contributed by atoms with Crippen molar-refractivity contribution in [2.75, 3.05) is 0 Å². The second kappa shape index (κ2) is 19.7. The van der Waals surface area contributed by atoms with Crippen LogP contribution in [0.25, 0.3) is 0 Å². The first kappa shape index (κ1) is 17.6. The SMILES string of the molecule is [CH2-]C.[Cl][Zr][Cl].c1cc[cH-]c1.c1cc[cH-]c1. The van der Waals surface area contributed by atoms with Crippen LogP contribution < -0.4 is 0 Å².